The molecule has 0 aromatic heterocycles. The molecule has 0 saturated heterocycles. The number of anilines is 1. The molecule has 0 fully saturated rings. The number of benzene rings is 2. The van der Waals surface area contributed by atoms with E-state index >= 15 is 0 Å². The van der Waals surface area contributed by atoms with Crippen LogP contribution in [0.2, 0.25) is 5.02 Å². The van der Waals surface area contributed by atoms with Crippen molar-refractivity contribution in [2.45, 2.75) is 13.8 Å². The fraction of sp³-hybridized carbons (Fsp3) is 0.143. The molecule has 0 spiro atoms. The molecule has 0 unspecified atom stereocenters. The monoisotopic (exact) mass is 366 g/mol. The van der Waals surface area contributed by atoms with E-state index < -0.39 is 0 Å². The van der Waals surface area contributed by atoms with Gasteiger partial charge in [-0.25, -0.2) is 0 Å². The summed E-state index contributed by atoms with van der Waals surface area (Å²) in [4.78, 5) is 26.9. The number of hydrogen-bond donors (Lipinski definition) is 1. The number of carbonyl (C=O) groups excluding carboxylic acids is 2. The summed E-state index contributed by atoms with van der Waals surface area (Å²) in [5.41, 5.74) is 4.17. The summed E-state index contributed by atoms with van der Waals surface area (Å²) < 4.78 is 0. The highest BCUT2D eigenvalue weighted by Gasteiger charge is 2.38. The second-order valence-corrected chi connectivity index (χ2v) is 6.65. The summed E-state index contributed by atoms with van der Waals surface area (Å²) in [6, 6.07) is 12.8. The highest BCUT2D eigenvalue weighted by atomic mass is 35.5. The molecule has 2 amide bonds. The minimum absolute atomic E-state index is 0.160. The van der Waals surface area contributed by atoms with Crippen molar-refractivity contribution in [2.24, 2.45) is 0 Å². The van der Waals surface area contributed by atoms with Gasteiger partial charge < -0.3 is 5.32 Å². The van der Waals surface area contributed by atoms with E-state index in [2.05, 4.69) is 11.9 Å². The summed E-state index contributed by atoms with van der Waals surface area (Å²) in [5.74, 6) is -0.704. The van der Waals surface area contributed by atoms with Gasteiger partial charge in [0.05, 0.1) is 5.57 Å². The smallest absolute Gasteiger partial charge is 0.278 e. The van der Waals surface area contributed by atoms with Crippen molar-refractivity contribution in [2.75, 3.05) is 11.9 Å². The first-order valence-electron chi connectivity index (χ1n) is 8.24. The van der Waals surface area contributed by atoms with Crippen LogP contribution in [0.4, 0.5) is 5.69 Å². The lowest BCUT2D eigenvalue weighted by atomic mass is 10.0. The highest BCUT2D eigenvalue weighted by molar-refractivity contribution is 6.37. The summed E-state index contributed by atoms with van der Waals surface area (Å²) in [6.45, 7) is 7.76. The molecule has 5 heteroatoms. The molecule has 0 saturated carbocycles. The van der Waals surface area contributed by atoms with E-state index in [0.717, 1.165) is 16.8 Å². The molecule has 2 aromatic rings. The number of nitrogens with one attached hydrogen (secondary N) is 1. The van der Waals surface area contributed by atoms with Crippen LogP contribution in [0.15, 0.2) is 60.8 Å². The Labute approximate surface area is 157 Å². The first-order valence-corrected chi connectivity index (χ1v) is 8.61. The average molecular weight is 367 g/mol. The zero-order valence-corrected chi connectivity index (χ0v) is 15.4. The lowest BCUT2D eigenvalue weighted by molar-refractivity contribution is -0.136. The molecule has 26 heavy (non-hydrogen) atoms. The second kappa shape index (κ2) is 7.18. The maximum atomic E-state index is 12.9. The largest absolute Gasteiger partial charge is 0.350 e. The summed E-state index contributed by atoms with van der Waals surface area (Å²) >= 11 is 5.96. The van der Waals surface area contributed by atoms with Crippen molar-refractivity contribution < 1.29 is 9.59 Å². The SMILES string of the molecule is C=CCN1C(=O)C(Nc2ccc(C)cc2C)=C(c2ccc(Cl)cc2)C1=O. The molecule has 4 nitrogen and oxygen atoms in total. The van der Waals surface area contributed by atoms with Crippen molar-refractivity contribution in [1.29, 1.82) is 0 Å². The molecule has 0 atom stereocenters. The van der Waals surface area contributed by atoms with E-state index in [-0.39, 0.29) is 24.1 Å². The predicted octanol–water partition coefficient (Wildman–Crippen LogP) is 4.33. The molecule has 0 radical (unpaired) electrons. The highest BCUT2D eigenvalue weighted by Crippen LogP contribution is 2.31. The van der Waals surface area contributed by atoms with Crippen LogP contribution in [0.3, 0.4) is 0 Å². The van der Waals surface area contributed by atoms with E-state index in [1.165, 1.54) is 11.0 Å². The van der Waals surface area contributed by atoms with Gasteiger partial charge in [0.2, 0.25) is 0 Å². The molecule has 1 aliphatic rings. The quantitative estimate of drug-likeness (QED) is 0.632. The van der Waals surface area contributed by atoms with Crippen LogP contribution in [0, 0.1) is 13.8 Å². The standard InChI is InChI=1S/C21H19ClN2O2/c1-4-11-24-20(25)18(15-6-8-16(22)9-7-15)19(21(24)26)23-17-10-5-13(2)12-14(17)3/h4-10,12,23H,1,11H2,2-3H3. The molecule has 3 rings (SSSR count). The summed E-state index contributed by atoms with van der Waals surface area (Å²) in [6.07, 6.45) is 1.54. The Balaban J connectivity index is 2.10. The van der Waals surface area contributed by atoms with Gasteiger partial charge in [0, 0.05) is 17.3 Å². The van der Waals surface area contributed by atoms with Crippen molar-refractivity contribution in [3.63, 3.8) is 0 Å². The second-order valence-electron chi connectivity index (χ2n) is 6.21. The fourth-order valence-electron chi connectivity index (χ4n) is 2.96. The Kier molecular flexibility index (Phi) is 4.96. The average Bonchev–Trinajstić information content (AvgIpc) is 2.83. The molecule has 1 N–H and O–H groups in total. The molecule has 0 bridgehead atoms. The Morgan fingerprint density at radius 2 is 1.77 bits per heavy atom. The molecule has 1 aliphatic heterocycles. The molecule has 0 aliphatic carbocycles. The molecule has 2 aromatic carbocycles. The maximum Gasteiger partial charge on any atom is 0.278 e. The number of imide groups is 1. The third-order valence-corrected chi connectivity index (χ3v) is 4.51. The van der Waals surface area contributed by atoms with E-state index in [1.54, 1.807) is 24.3 Å². The van der Waals surface area contributed by atoms with Crippen LogP contribution in [-0.4, -0.2) is 23.3 Å². The van der Waals surface area contributed by atoms with Crippen LogP contribution < -0.4 is 5.32 Å². The van der Waals surface area contributed by atoms with E-state index in [4.69, 9.17) is 11.6 Å². The topological polar surface area (TPSA) is 49.4 Å². The van der Waals surface area contributed by atoms with E-state index in [0.29, 0.717) is 16.2 Å². The first kappa shape index (κ1) is 18.0. The van der Waals surface area contributed by atoms with E-state index in [1.807, 2.05) is 32.0 Å². The Hall–Kier alpha value is -2.85. The Bertz CT molecular complexity index is 930. The van der Waals surface area contributed by atoms with Crippen LogP contribution in [0.5, 0.6) is 0 Å². The molecular formula is C21H19ClN2O2. The minimum Gasteiger partial charge on any atom is -0.350 e. The summed E-state index contributed by atoms with van der Waals surface area (Å²) in [7, 11) is 0. The van der Waals surface area contributed by atoms with Gasteiger partial charge in [0.15, 0.2) is 0 Å². The molecule has 1 heterocycles. The number of carbonyl (C=O) groups is 2. The van der Waals surface area contributed by atoms with Crippen LogP contribution in [-0.2, 0) is 9.59 Å². The van der Waals surface area contributed by atoms with Crippen LogP contribution in [0.1, 0.15) is 16.7 Å². The number of amides is 2. The third-order valence-electron chi connectivity index (χ3n) is 4.25. The van der Waals surface area contributed by atoms with Crippen molar-refractivity contribution in [3.05, 3.63) is 82.5 Å². The van der Waals surface area contributed by atoms with Gasteiger partial charge in [0.25, 0.3) is 11.8 Å². The number of rotatable bonds is 5. The Morgan fingerprint density at radius 3 is 2.38 bits per heavy atom. The van der Waals surface area contributed by atoms with Crippen LogP contribution in [0.25, 0.3) is 5.57 Å². The van der Waals surface area contributed by atoms with Gasteiger partial charge in [-0.15, -0.1) is 6.58 Å². The van der Waals surface area contributed by atoms with Gasteiger partial charge in [-0.3, -0.25) is 14.5 Å². The molecular weight excluding hydrogens is 348 g/mol. The zero-order valence-electron chi connectivity index (χ0n) is 14.7. The van der Waals surface area contributed by atoms with Crippen molar-refractivity contribution in [3.8, 4) is 0 Å². The van der Waals surface area contributed by atoms with E-state index in [9.17, 15) is 9.59 Å². The van der Waals surface area contributed by atoms with Gasteiger partial charge >= 0.3 is 0 Å². The number of halogens is 1. The van der Waals surface area contributed by atoms with Crippen LogP contribution >= 0.6 is 11.6 Å². The van der Waals surface area contributed by atoms with Crippen molar-refractivity contribution >= 4 is 34.7 Å². The maximum absolute atomic E-state index is 12.9. The molecule has 132 valence electrons. The first-order chi connectivity index (χ1) is 12.4. The summed E-state index contributed by atoms with van der Waals surface area (Å²) in [5, 5.41) is 3.74. The number of hydrogen-bond acceptors (Lipinski definition) is 3. The lowest BCUT2D eigenvalue weighted by Gasteiger charge is -2.13. The predicted molar refractivity (Wildman–Crippen MR) is 105 cm³/mol. The van der Waals surface area contributed by atoms with Gasteiger partial charge in [-0.2, -0.15) is 0 Å². The minimum atomic E-state index is -0.361. The third kappa shape index (κ3) is 3.28. The van der Waals surface area contributed by atoms with Gasteiger partial charge in [-0.05, 0) is 43.2 Å². The van der Waals surface area contributed by atoms with Crippen molar-refractivity contribution in [1.82, 2.24) is 4.90 Å². The van der Waals surface area contributed by atoms with Gasteiger partial charge in [0.1, 0.15) is 5.70 Å². The number of nitrogens with zero attached hydrogens (tertiary/aromatic N) is 1. The number of aryl methyl sites for hydroxylation is 2. The Morgan fingerprint density at radius 1 is 1.08 bits per heavy atom. The van der Waals surface area contributed by atoms with Gasteiger partial charge in [-0.1, -0.05) is 47.5 Å². The normalized spacial score (nSPS) is 14.2. The fourth-order valence-corrected chi connectivity index (χ4v) is 3.09. The zero-order chi connectivity index (χ0) is 18.8. The lowest BCUT2D eigenvalue weighted by Crippen LogP contribution is -2.32.